The van der Waals surface area contributed by atoms with E-state index < -0.39 is 0 Å². The van der Waals surface area contributed by atoms with Crippen LogP contribution in [0.5, 0.6) is 5.75 Å². The summed E-state index contributed by atoms with van der Waals surface area (Å²) in [5.74, 6) is 0.483. The van der Waals surface area contributed by atoms with Gasteiger partial charge in [-0.3, -0.25) is 0 Å². The normalized spacial score (nSPS) is 10.6. The first kappa shape index (κ1) is 12.1. The van der Waals surface area contributed by atoms with Crippen molar-refractivity contribution in [1.29, 1.82) is 0 Å². The number of benzene rings is 1. The van der Waals surface area contributed by atoms with E-state index in [0.29, 0.717) is 5.75 Å². The molecule has 1 nitrogen and oxygen atoms in total. The van der Waals surface area contributed by atoms with Gasteiger partial charge in [0.25, 0.3) is 0 Å². The molecule has 1 aromatic carbocycles. The van der Waals surface area contributed by atoms with E-state index in [2.05, 4.69) is 26.0 Å². The Morgan fingerprint density at radius 3 is 2.47 bits per heavy atom. The van der Waals surface area contributed by atoms with E-state index in [0.717, 1.165) is 24.0 Å². The molecule has 0 aliphatic rings. The number of hydrogen-bond donors (Lipinski definition) is 1. The standard InChI is InChI=1S/C14H22O/c1-4-6-7-8-12-9-11(3)14(15)13(5-2)10-12/h9-10,15H,4-8H2,1-3H3. The summed E-state index contributed by atoms with van der Waals surface area (Å²) in [7, 11) is 0. The van der Waals surface area contributed by atoms with Gasteiger partial charge in [0.2, 0.25) is 0 Å². The molecule has 84 valence electrons. The fourth-order valence-corrected chi connectivity index (χ4v) is 1.93. The lowest BCUT2D eigenvalue weighted by Gasteiger charge is -2.09. The first-order chi connectivity index (χ1) is 7.19. The summed E-state index contributed by atoms with van der Waals surface area (Å²) in [5, 5.41) is 9.79. The van der Waals surface area contributed by atoms with Crippen LogP contribution in [-0.4, -0.2) is 5.11 Å². The lowest BCUT2D eigenvalue weighted by molar-refractivity contribution is 0.464. The molecular weight excluding hydrogens is 184 g/mol. The molecule has 0 saturated carbocycles. The maximum Gasteiger partial charge on any atom is 0.121 e. The zero-order chi connectivity index (χ0) is 11.3. The fourth-order valence-electron chi connectivity index (χ4n) is 1.93. The predicted octanol–water partition coefficient (Wildman–Crippen LogP) is 4.00. The van der Waals surface area contributed by atoms with Crippen LogP contribution in [0.1, 0.15) is 49.8 Å². The third-order valence-corrected chi connectivity index (χ3v) is 2.89. The molecule has 0 fully saturated rings. The molecule has 1 heteroatoms. The first-order valence-corrected chi connectivity index (χ1v) is 6.00. The summed E-state index contributed by atoms with van der Waals surface area (Å²) in [6.45, 7) is 6.29. The highest BCUT2D eigenvalue weighted by atomic mass is 16.3. The molecule has 0 amide bonds. The van der Waals surface area contributed by atoms with Crippen molar-refractivity contribution in [3.63, 3.8) is 0 Å². The van der Waals surface area contributed by atoms with Gasteiger partial charge in [0.15, 0.2) is 0 Å². The van der Waals surface area contributed by atoms with E-state index in [1.165, 1.54) is 24.8 Å². The Balaban J connectivity index is 2.77. The quantitative estimate of drug-likeness (QED) is 0.722. The van der Waals surface area contributed by atoms with Crippen LogP contribution < -0.4 is 0 Å². The lowest BCUT2D eigenvalue weighted by atomic mass is 9.99. The molecule has 0 atom stereocenters. The molecule has 0 spiro atoms. The molecule has 0 unspecified atom stereocenters. The van der Waals surface area contributed by atoms with Crippen LogP contribution in [-0.2, 0) is 12.8 Å². The van der Waals surface area contributed by atoms with Crippen LogP contribution in [0, 0.1) is 6.92 Å². The first-order valence-electron chi connectivity index (χ1n) is 6.00. The van der Waals surface area contributed by atoms with Gasteiger partial charge in [0, 0.05) is 0 Å². The second-order valence-corrected chi connectivity index (χ2v) is 4.23. The number of unbranched alkanes of at least 4 members (excludes halogenated alkanes) is 2. The second kappa shape index (κ2) is 5.79. The van der Waals surface area contributed by atoms with Crippen molar-refractivity contribution < 1.29 is 5.11 Å². The van der Waals surface area contributed by atoms with Gasteiger partial charge in [0.1, 0.15) is 5.75 Å². The van der Waals surface area contributed by atoms with Crippen LogP contribution in [0.4, 0.5) is 0 Å². The average Bonchev–Trinajstić information content (AvgIpc) is 2.23. The SMILES string of the molecule is CCCCCc1cc(C)c(O)c(CC)c1. The predicted molar refractivity (Wildman–Crippen MR) is 65.5 cm³/mol. The number of aromatic hydroxyl groups is 1. The third kappa shape index (κ3) is 3.26. The maximum atomic E-state index is 9.79. The molecule has 0 bridgehead atoms. The molecule has 0 aliphatic carbocycles. The van der Waals surface area contributed by atoms with Crippen LogP contribution in [0.3, 0.4) is 0 Å². The highest BCUT2D eigenvalue weighted by Gasteiger charge is 2.05. The van der Waals surface area contributed by atoms with E-state index in [4.69, 9.17) is 0 Å². The molecule has 0 saturated heterocycles. The van der Waals surface area contributed by atoms with E-state index in [1.54, 1.807) is 0 Å². The maximum absolute atomic E-state index is 9.79. The number of hydrogen-bond acceptors (Lipinski definition) is 1. The summed E-state index contributed by atoms with van der Waals surface area (Å²) in [4.78, 5) is 0. The highest BCUT2D eigenvalue weighted by Crippen LogP contribution is 2.25. The van der Waals surface area contributed by atoms with Gasteiger partial charge < -0.3 is 5.11 Å². The van der Waals surface area contributed by atoms with Crippen molar-refractivity contribution in [2.75, 3.05) is 0 Å². The summed E-state index contributed by atoms with van der Waals surface area (Å²) in [6, 6.07) is 4.27. The molecule has 15 heavy (non-hydrogen) atoms. The fraction of sp³-hybridized carbons (Fsp3) is 0.571. The minimum Gasteiger partial charge on any atom is -0.507 e. The van der Waals surface area contributed by atoms with E-state index >= 15 is 0 Å². The number of aryl methyl sites for hydroxylation is 3. The largest absolute Gasteiger partial charge is 0.507 e. The van der Waals surface area contributed by atoms with Crippen LogP contribution in [0.15, 0.2) is 12.1 Å². The monoisotopic (exact) mass is 206 g/mol. The number of phenolic OH excluding ortho intramolecular Hbond substituents is 1. The average molecular weight is 206 g/mol. The summed E-state index contributed by atoms with van der Waals surface area (Å²) in [5.41, 5.74) is 3.47. The van der Waals surface area contributed by atoms with Crippen LogP contribution in [0.2, 0.25) is 0 Å². The molecule has 1 aromatic rings. The molecule has 1 rings (SSSR count). The van der Waals surface area contributed by atoms with Gasteiger partial charge >= 0.3 is 0 Å². The topological polar surface area (TPSA) is 20.2 Å². The van der Waals surface area contributed by atoms with E-state index in [9.17, 15) is 5.11 Å². The Hall–Kier alpha value is -0.980. The summed E-state index contributed by atoms with van der Waals surface area (Å²) < 4.78 is 0. The number of phenols is 1. The zero-order valence-electron chi connectivity index (χ0n) is 10.1. The molecular formula is C14H22O. The van der Waals surface area contributed by atoms with Gasteiger partial charge in [-0.05, 0) is 42.9 Å². The Morgan fingerprint density at radius 1 is 1.13 bits per heavy atom. The van der Waals surface area contributed by atoms with Gasteiger partial charge in [-0.15, -0.1) is 0 Å². The number of rotatable bonds is 5. The Kier molecular flexibility index (Phi) is 4.67. The van der Waals surface area contributed by atoms with E-state index in [-0.39, 0.29) is 0 Å². The third-order valence-electron chi connectivity index (χ3n) is 2.89. The van der Waals surface area contributed by atoms with Crippen molar-refractivity contribution in [1.82, 2.24) is 0 Å². The van der Waals surface area contributed by atoms with Crippen molar-refractivity contribution >= 4 is 0 Å². The van der Waals surface area contributed by atoms with Crippen molar-refractivity contribution in [2.45, 2.75) is 52.9 Å². The van der Waals surface area contributed by atoms with Gasteiger partial charge in [-0.1, -0.05) is 38.8 Å². The minimum absolute atomic E-state index is 0.483. The molecule has 0 radical (unpaired) electrons. The van der Waals surface area contributed by atoms with Crippen molar-refractivity contribution in [2.24, 2.45) is 0 Å². The summed E-state index contributed by atoms with van der Waals surface area (Å²) in [6.07, 6.45) is 5.86. The highest BCUT2D eigenvalue weighted by molar-refractivity contribution is 5.43. The molecule has 0 heterocycles. The minimum atomic E-state index is 0.483. The van der Waals surface area contributed by atoms with E-state index in [1.807, 2.05) is 6.92 Å². The Labute approximate surface area is 93.1 Å². The Bertz CT molecular complexity index is 315. The van der Waals surface area contributed by atoms with Crippen molar-refractivity contribution in [3.8, 4) is 5.75 Å². The lowest BCUT2D eigenvalue weighted by Crippen LogP contribution is -1.92. The Morgan fingerprint density at radius 2 is 1.87 bits per heavy atom. The zero-order valence-corrected chi connectivity index (χ0v) is 10.1. The smallest absolute Gasteiger partial charge is 0.121 e. The second-order valence-electron chi connectivity index (χ2n) is 4.23. The molecule has 0 aliphatic heterocycles. The van der Waals surface area contributed by atoms with Crippen LogP contribution in [0.25, 0.3) is 0 Å². The van der Waals surface area contributed by atoms with Crippen LogP contribution >= 0.6 is 0 Å². The van der Waals surface area contributed by atoms with Gasteiger partial charge in [-0.25, -0.2) is 0 Å². The van der Waals surface area contributed by atoms with Gasteiger partial charge in [-0.2, -0.15) is 0 Å². The summed E-state index contributed by atoms with van der Waals surface area (Å²) >= 11 is 0. The van der Waals surface area contributed by atoms with Gasteiger partial charge in [0.05, 0.1) is 0 Å². The molecule has 1 N–H and O–H groups in total. The van der Waals surface area contributed by atoms with Crippen molar-refractivity contribution in [3.05, 3.63) is 28.8 Å². The molecule has 0 aromatic heterocycles.